The maximum Gasteiger partial charge on any atom is 0.160 e. The zero-order chi connectivity index (χ0) is 9.36. The fourth-order valence-corrected chi connectivity index (χ4v) is 1.32. The van der Waals surface area contributed by atoms with Gasteiger partial charge in [-0.1, -0.05) is 38.0 Å². The predicted octanol–water partition coefficient (Wildman–Crippen LogP) is 2.33. The first-order valence-electron chi connectivity index (χ1n) is 5.12. The molecule has 0 radical (unpaired) electrons. The summed E-state index contributed by atoms with van der Waals surface area (Å²) in [6.07, 6.45) is 6.03. The summed E-state index contributed by atoms with van der Waals surface area (Å²) in [6, 6.07) is 0. The van der Waals surface area contributed by atoms with Gasteiger partial charge in [0.15, 0.2) is 6.29 Å². The molecule has 74 valence electrons. The van der Waals surface area contributed by atoms with Gasteiger partial charge in [-0.05, 0) is 12.8 Å². The van der Waals surface area contributed by atoms with Crippen molar-refractivity contribution in [1.29, 1.82) is 0 Å². The largest absolute Gasteiger partial charge is 0.340 e. The molecular weight excluding hydrogens is 164 g/mol. The molecule has 0 saturated heterocycles. The van der Waals surface area contributed by atoms with Gasteiger partial charge in [0.05, 0.1) is 0 Å². The van der Waals surface area contributed by atoms with Crippen molar-refractivity contribution in [2.75, 3.05) is 13.2 Å². The number of hydrogen-bond donors (Lipinski definition) is 0. The monoisotopic (exact) mass is 182 g/mol. The Hall–Kier alpha value is -0.520. The molecule has 13 heavy (non-hydrogen) atoms. The van der Waals surface area contributed by atoms with Crippen molar-refractivity contribution in [1.82, 2.24) is 0 Å². The molecule has 0 spiro atoms. The van der Waals surface area contributed by atoms with Crippen LogP contribution in [0.3, 0.4) is 0 Å². The summed E-state index contributed by atoms with van der Waals surface area (Å²) in [5.41, 5.74) is 0. The van der Waals surface area contributed by atoms with E-state index in [1.54, 1.807) is 0 Å². The molecule has 0 N–H and O–H groups in total. The van der Waals surface area contributed by atoms with Crippen LogP contribution in [0.25, 0.3) is 0 Å². The molecule has 1 aliphatic rings. The van der Waals surface area contributed by atoms with Crippen LogP contribution < -0.4 is 0 Å². The van der Waals surface area contributed by atoms with Gasteiger partial charge in [0.2, 0.25) is 0 Å². The van der Waals surface area contributed by atoms with Crippen molar-refractivity contribution in [2.45, 2.75) is 45.3 Å². The van der Waals surface area contributed by atoms with E-state index in [-0.39, 0.29) is 6.29 Å². The van der Waals surface area contributed by atoms with Crippen molar-refractivity contribution in [3.8, 4) is 11.8 Å². The van der Waals surface area contributed by atoms with Gasteiger partial charge in [-0.2, -0.15) is 0 Å². The second-order valence-electron chi connectivity index (χ2n) is 3.25. The summed E-state index contributed by atoms with van der Waals surface area (Å²) in [7, 11) is 0. The van der Waals surface area contributed by atoms with E-state index in [1.807, 2.05) is 0 Å². The van der Waals surface area contributed by atoms with Crippen LogP contribution in [0.2, 0.25) is 0 Å². The highest BCUT2D eigenvalue weighted by atomic mass is 16.7. The van der Waals surface area contributed by atoms with Crippen molar-refractivity contribution >= 4 is 0 Å². The number of unbranched alkanes of at least 4 members (excludes halogenated alkanes) is 3. The van der Waals surface area contributed by atoms with Crippen LogP contribution in [0.5, 0.6) is 0 Å². The van der Waals surface area contributed by atoms with Crippen molar-refractivity contribution in [3.05, 3.63) is 0 Å². The SMILES string of the molecule is CCCCCCC1OCC#CCO1. The lowest BCUT2D eigenvalue weighted by Crippen LogP contribution is -2.16. The van der Waals surface area contributed by atoms with E-state index in [2.05, 4.69) is 18.8 Å². The first-order valence-corrected chi connectivity index (χ1v) is 5.12. The van der Waals surface area contributed by atoms with Gasteiger partial charge in [-0.15, -0.1) is 0 Å². The molecule has 0 atom stereocenters. The standard InChI is InChI=1S/C11H18O2/c1-2-3-4-5-8-11-12-9-6-7-10-13-11/h11H,2-5,8-10H2,1H3. The molecule has 0 unspecified atom stereocenters. The molecule has 0 amide bonds. The minimum Gasteiger partial charge on any atom is -0.340 e. The first-order chi connectivity index (χ1) is 6.43. The Bertz CT molecular complexity index is 166. The molecule has 0 aromatic heterocycles. The molecule has 0 aliphatic carbocycles. The fourth-order valence-electron chi connectivity index (χ4n) is 1.32. The lowest BCUT2D eigenvalue weighted by Gasteiger charge is -2.14. The van der Waals surface area contributed by atoms with Crippen LogP contribution in [0.15, 0.2) is 0 Å². The molecule has 0 saturated carbocycles. The van der Waals surface area contributed by atoms with E-state index in [4.69, 9.17) is 9.47 Å². The van der Waals surface area contributed by atoms with Crippen molar-refractivity contribution < 1.29 is 9.47 Å². The zero-order valence-corrected chi connectivity index (χ0v) is 8.34. The maximum atomic E-state index is 5.39. The molecule has 1 rings (SSSR count). The van der Waals surface area contributed by atoms with Crippen molar-refractivity contribution in [3.63, 3.8) is 0 Å². The Morgan fingerprint density at radius 1 is 1.08 bits per heavy atom. The van der Waals surface area contributed by atoms with Crippen LogP contribution >= 0.6 is 0 Å². The van der Waals surface area contributed by atoms with Gasteiger partial charge in [-0.3, -0.25) is 0 Å². The van der Waals surface area contributed by atoms with Crippen LogP contribution in [0.4, 0.5) is 0 Å². The normalized spacial score (nSPS) is 17.6. The lowest BCUT2D eigenvalue weighted by molar-refractivity contribution is -0.125. The Kier molecular flexibility index (Phi) is 5.64. The Morgan fingerprint density at radius 3 is 2.38 bits per heavy atom. The summed E-state index contributed by atoms with van der Waals surface area (Å²) in [5.74, 6) is 5.76. The molecule has 2 heteroatoms. The number of rotatable bonds is 5. The highest BCUT2D eigenvalue weighted by Gasteiger charge is 2.09. The van der Waals surface area contributed by atoms with Gasteiger partial charge in [0.25, 0.3) is 0 Å². The molecule has 0 aromatic carbocycles. The summed E-state index contributed by atoms with van der Waals surface area (Å²) in [4.78, 5) is 0. The topological polar surface area (TPSA) is 18.5 Å². The van der Waals surface area contributed by atoms with E-state index in [1.165, 1.54) is 25.7 Å². The number of hydrogen-bond acceptors (Lipinski definition) is 2. The average Bonchev–Trinajstić information content (AvgIpc) is 2.41. The lowest BCUT2D eigenvalue weighted by atomic mass is 10.1. The Morgan fingerprint density at radius 2 is 1.77 bits per heavy atom. The second kappa shape index (κ2) is 6.94. The third-order valence-electron chi connectivity index (χ3n) is 2.10. The summed E-state index contributed by atoms with van der Waals surface area (Å²) in [6.45, 7) is 3.27. The minimum absolute atomic E-state index is 0.0284. The highest BCUT2D eigenvalue weighted by Crippen LogP contribution is 2.10. The maximum absolute atomic E-state index is 5.39. The zero-order valence-electron chi connectivity index (χ0n) is 8.34. The second-order valence-corrected chi connectivity index (χ2v) is 3.25. The van der Waals surface area contributed by atoms with Crippen LogP contribution in [-0.4, -0.2) is 19.5 Å². The molecule has 1 heterocycles. The Balaban J connectivity index is 2.01. The van der Waals surface area contributed by atoms with E-state index in [0.717, 1.165) is 6.42 Å². The van der Waals surface area contributed by atoms with Gasteiger partial charge in [-0.25, -0.2) is 0 Å². The summed E-state index contributed by atoms with van der Waals surface area (Å²) >= 11 is 0. The van der Waals surface area contributed by atoms with E-state index in [9.17, 15) is 0 Å². The van der Waals surface area contributed by atoms with E-state index < -0.39 is 0 Å². The van der Waals surface area contributed by atoms with Gasteiger partial charge >= 0.3 is 0 Å². The first kappa shape index (κ1) is 10.6. The average molecular weight is 182 g/mol. The molecule has 0 aromatic rings. The quantitative estimate of drug-likeness (QED) is 0.480. The van der Waals surface area contributed by atoms with Gasteiger partial charge < -0.3 is 9.47 Å². The smallest absolute Gasteiger partial charge is 0.160 e. The molecule has 0 fully saturated rings. The molecule has 2 nitrogen and oxygen atoms in total. The third kappa shape index (κ3) is 4.92. The van der Waals surface area contributed by atoms with Gasteiger partial charge in [0.1, 0.15) is 13.2 Å². The third-order valence-corrected chi connectivity index (χ3v) is 2.10. The fraction of sp³-hybridized carbons (Fsp3) is 0.818. The predicted molar refractivity (Wildman–Crippen MR) is 52.2 cm³/mol. The van der Waals surface area contributed by atoms with E-state index in [0.29, 0.717) is 13.2 Å². The minimum atomic E-state index is -0.0284. The molecule has 1 aliphatic heterocycles. The van der Waals surface area contributed by atoms with Crippen LogP contribution in [0, 0.1) is 11.8 Å². The number of ether oxygens (including phenoxy) is 2. The van der Waals surface area contributed by atoms with Gasteiger partial charge in [0, 0.05) is 0 Å². The summed E-state index contributed by atoms with van der Waals surface area (Å²) in [5, 5.41) is 0. The molecular formula is C11H18O2. The summed E-state index contributed by atoms with van der Waals surface area (Å²) < 4.78 is 10.8. The van der Waals surface area contributed by atoms with Crippen molar-refractivity contribution in [2.24, 2.45) is 0 Å². The van der Waals surface area contributed by atoms with E-state index >= 15 is 0 Å². The Labute approximate surface area is 80.6 Å². The molecule has 0 bridgehead atoms. The van der Waals surface area contributed by atoms with Crippen LogP contribution in [0.1, 0.15) is 39.0 Å². The van der Waals surface area contributed by atoms with Crippen LogP contribution in [-0.2, 0) is 9.47 Å². The highest BCUT2D eigenvalue weighted by molar-refractivity contribution is 5.00.